The lowest BCUT2D eigenvalue weighted by atomic mass is 10.2. The summed E-state index contributed by atoms with van der Waals surface area (Å²) >= 11 is 0. The van der Waals surface area contributed by atoms with Crippen LogP contribution in [-0.4, -0.2) is 21.6 Å². The second-order valence-electron chi connectivity index (χ2n) is 4.27. The molecule has 0 amide bonds. The van der Waals surface area contributed by atoms with Gasteiger partial charge in [-0.1, -0.05) is 24.1 Å². The van der Waals surface area contributed by atoms with E-state index in [1.54, 1.807) is 6.20 Å². The van der Waals surface area contributed by atoms with Gasteiger partial charge in [-0.15, -0.1) is 0 Å². The predicted molar refractivity (Wildman–Crippen MR) is 80.9 cm³/mol. The second-order valence-corrected chi connectivity index (χ2v) is 4.27. The SMILES string of the molecule is CCOc1nc2cccnc2nc1C#Cc1ccccc1. The van der Waals surface area contributed by atoms with Crippen LogP contribution in [0.4, 0.5) is 0 Å². The van der Waals surface area contributed by atoms with Crippen molar-refractivity contribution >= 4 is 11.2 Å². The molecule has 0 saturated heterocycles. The number of nitrogens with zero attached hydrogens (tertiary/aromatic N) is 3. The van der Waals surface area contributed by atoms with Crippen LogP contribution in [0.3, 0.4) is 0 Å². The lowest BCUT2D eigenvalue weighted by Gasteiger charge is -2.05. The number of hydrogen-bond donors (Lipinski definition) is 0. The van der Waals surface area contributed by atoms with E-state index in [2.05, 4.69) is 26.8 Å². The molecule has 0 radical (unpaired) electrons. The minimum Gasteiger partial charge on any atom is -0.476 e. The Bertz CT molecular complexity index is 820. The summed E-state index contributed by atoms with van der Waals surface area (Å²) < 4.78 is 5.53. The molecule has 0 saturated carbocycles. The number of benzene rings is 1. The van der Waals surface area contributed by atoms with Crippen molar-refractivity contribution in [2.45, 2.75) is 6.92 Å². The van der Waals surface area contributed by atoms with Gasteiger partial charge in [-0.05, 0) is 37.1 Å². The third kappa shape index (κ3) is 2.98. The third-order valence-corrected chi connectivity index (χ3v) is 2.79. The lowest BCUT2D eigenvalue weighted by molar-refractivity contribution is 0.325. The quantitative estimate of drug-likeness (QED) is 0.675. The molecule has 0 N–H and O–H groups in total. The lowest BCUT2D eigenvalue weighted by Crippen LogP contribution is -2.01. The molecule has 4 heteroatoms. The fraction of sp³-hybridized carbons (Fsp3) is 0.118. The molecule has 0 aliphatic rings. The van der Waals surface area contributed by atoms with Crippen molar-refractivity contribution in [2.24, 2.45) is 0 Å². The van der Waals surface area contributed by atoms with Crippen LogP contribution in [0.15, 0.2) is 48.7 Å². The number of aromatic nitrogens is 3. The monoisotopic (exact) mass is 275 g/mol. The highest BCUT2D eigenvalue weighted by Crippen LogP contribution is 2.16. The molecule has 0 spiro atoms. The summed E-state index contributed by atoms with van der Waals surface area (Å²) in [6.45, 7) is 2.42. The van der Waals surface area contributed by atoms with E-state index in [0.717, 1.165) is 5.56 Å². The van der Waals surface area contributed by atoms with Crippen molar-refractivity contribution in [3.8, 4) is 17.7 Å². The van der Waals surface area contributed by atoms with Crippen LogP contribution < -0.4 is 4.74 Å². The van der Waals surface area contributed by atoms with Crippen LogP contribution in [0.2, 0.25) is 0 Å². The van der Waals surface area contributed by atoms with E-state index in [-0.39, 0.29) is 0 Å². The first-order chi connectivity index (χ1) is 10.4. The van der Waals surface area contributed by atoms with E-state index in [1.807, 2.05) is 49.4 Å². The zero-order valence-electron chi connectivity index (χ0n) is 11.6. The normalized spacial score (nSPS) is 9.95. The van der Waals surface area contributed by atoms with Crippen molar-refractivity contribution in [1.29, 1.82) is 0 Å². The van der Waals surface area contributed by atoms with Crippen molar-refractivity contribution in [3.63, 3.8) is 0 Å². The fourth-order valence-corrected chi connectivity index (χ4v) is 1.85. The van der Waals surface area contributed by atoms with E-state index < -0.39 is 0 Å². The number of pyridine rings is 1. The molecule has 0 atom stereocenters. The predicted octanol–water partition coefficient (Wildman–Crippen LogP) is 2.82. The minimum atomic E-state index is 0.446. The standard InChI is InChI=1S/C17H13N3O/c1-2-21-17-15(11-10-13-7-4-3-5-8-13)19-16-14(20-17)9-6-12-18-16/h3-9,12H,2H2,1H3. The van der Waals surface area contributed by atoms with Gasteiger partial charge in [-0.25, -0.2) is 15.0 Å². The van der Waals surface area contributed by atoms with Crippen LogP contribution in [-0.2, 0) is 0 Å². The van der Waals surface area contributed by atoms with Crippen LogP contribution in [0.5, 0.6) is 5.88 Å². The van der Waals surface area contributed by atoms with Gasteiger partial charge in [0.25, 0.3) is 0 Å². The zero-order chi connectivity index (χ0) is 14.5. The maximum atomic E-state index is 5.53. The Kier molecular flexibility index (Phi) is 3.74. The number of rotatable bonds is 2. The Hall–Kier alpha value is -2.93. The van der Waals surface area contributed by atoms with Gasteiger partial charge in [0.15, 0.2) is 11.3 Å². The van der Waals surface area contributed by atoms with Gasteiger partial charge in [0, 0.05) is 11.8 Å². The molecule has 2 aromatic heterocycles. The molecule has 0 aliphatic heterocycles. The number of ether oxygens (including phenoxy) is 1. The van der Waals surface area contributed by atoms with Crippen molar-refractivity contribution in [2.75, 3.05) is 6.61 Å². The summed E-state index contributed by atoms with van der Waals surface area (Å²) in [5, 5.41) is 0. The molecule has 2 heterocycles. The number of hydrogen-bond acceptors (Lipinski definition) is 4. The van der Waals surface area contributed by atoms with E-state index in [4.69, 9.17) is 4.74 Å². The van der Waals surface area contributed by atoms with Gasteiger partial charge in [0.2, 0.25) is 5.88 Å². The van der Waals surface area contributed by atoms with E-state index in [0.29, 0.717) is 29.3 Å². The van der Waals surface area contributed by atoms with Crippen molar-refractivity contribution < 1.29 is 4.74 Å². The summed E-state index contributed by atoms with van der Waals surface area (Å²) in [4.78, 5) is 13.1. The Morgan fingerprint density at radius 3 is 2.67 bits per heavy atom. The van der Waals surface area contributed by atoms with Crippen LogP contribution in [0.25, 0.3) is 11.2 Å². The maximum absolute atomic E-state index is 5.53. The molecule has 0 unspecified atom stereocenters. The van der Waals surface area contributed by atoms with Crippen LogP contribution in [0.1, 0.15) is 18.2 Å². The average molecular weight is 275 g/mol. The van der Waals surface area contributed by atoms with E-state index in [1.165, 1.54) is 0 Å². The Labute approximate surface area is 122 Å². The first-order valence-electron chi connectivity index (χ1n) is 6.69. The second kappa shape index (κ2) is 6.02. The van der Waals surface area contributed by atoms with Gasteiger partial charge in [-0.2, -0.15) is 0 Å². The van der Waals surface area contributed by atoms with Gasteiger partial charge in [-0.3, -0.25) is 0 Å². The largest absolute Gasteiger partial charge is 0.476 e. The highest BCUT2D eigenvalue weighted by Gasteiger charge is 2.08. The maximum Gasteiger partial charge on any atom is 0.249 e. The van der Waals surface area contributed by atoms with Gasteiger partial charge >= 0.3 is 0 Å². The minimum absolute atomic E-state index is 0.446. The van der Waals surface area contributed by atoms with Crippen LogP contribution >= 0.6 is 0 Å². The molecular weight excluding hydrogens is 262 g/mol. The molecule has 21 heavy (non-hydrogen) atoms. The molecule has 3 rings (SSSR count). The van der Waals surface area contributed by atoms with E-state index in [9.17, 15) is 0 Å². The van der Waals surface area contributed by atoms with Crippen LogP contribution in [0, 0.1) is 11.8 Å². The van der Waals surface area contributed by atoms with Crippen molar-refractivity contribution in [3.05, 3.63) is 59.9 Å². The number of fused-ring (bicyclic) bond motifs is 1. The summed E-state index contributed by atoms with van der Waals surface area (Å²) in [7, 11) is 0. The average Bonchev–Trinajstić information content (AvgIpc) is 2.54. The smallest absolute Gasteiger partial charge is 0.249 e. The summed E-state index contributed by atoms with van der Waals surface area (Å²) in [6.07, 6.45) is 1.69. The highest BCUT2D eigenvalue weighted by molar-refractivity contribution is 5.71. The first kappa shape index (κ1) is 13.1. The topological polar surface area (TPSA) is 47.9 Å². The zero-order valence-corrected chi connectivity index (χ0v) is 11.6. The molecule has 1 aromatic carbocycles. The van der Waals surface area contributed by atoms with Gasteiger partial charge in [0.1, 0.15) is 5.52 Å². The molecule has 102 valence electrons. The molecule has 0 fully saturated rings. The van der Waals surface area contributed by atoms with E-state index >= 15 is 0 Å². The third-order valence-electron chi connectivity index (χ3n) is 2.79. The van der Waals surface area contributed by atoms with Crippen molar-refractivity contribution in [1.82, 2.24) is 15.0 Å². The fourth-order valence-electron chi connectivity index (χ4n) is 1.85. The summed E-state index contributed by atoms with van der Waals surface area (Å²) in [5.74, 6) is 6.53. The summed E-state index contributed by atoms with van der Waals surface area (Å²) in [5.41, 5.74) is 2.69. The Morgan fingerprint density at radius 1 is 1.00 bits per heavy atom. The molecule has 0 aliphatic carbocycles. The molecule has 4 nitrogen and oxygen atoms in total. The van der Waals surface area contributed by atoms with Gasteiger partial charge < -0.3 is 4.74 Å². The first-order valence-corrected chi connectivity index (χ1v) is 6.69. The Morgan fingerprint density at radius 2 is 1.86 bits per heavy atom. The highest BCUT2D eigenvalue weighted by atomic mass is 16.5. The molecular formula is C17H13N3O. The molecule has 3 aromatic rings. The van der Waals surface area contributed by atoms with Gasteiger partial charge in [0.05, 0.1) is 6.61 Å². The Balaban J connectivity index is 2.08. The molecule has 0 bridgehead atoms. The summed E-state index contributed by atoms with van der Waals surface area (Å²) in [6, 6.07) is 13.4.